The molecule has 0 bridgehead atoms. The summed E-state index contributed by atoms with van der Waals surface area (Å²) in [5.41, 5.74) is 0. The topological polar surface area (TPSA) is 60.7 Å². The van der Waals surface area contributed by atoms with Crippen LogP contribution in [0.5, 0.6) is 17.2 Å². The SMILES string of the molecule is CC.CC.CC.CC.CC.CC.CCC.Oc1ccccc1.Oc1ccccc1.Oc1ccccc1.[CH3-].[CH3-].[CH3-].[CH3-].[Y].[Y]. The molecule has 0 fully saturated rings. The fourth-order valence-corrected chi connectivity index (χ4v) is 1.28. The fourth-order valence-electron chi connectivity index (χ4n) is 1.28. The van der Waals surface area contributed by atoms with Crippen LogP contribution >= 0.6 is 0 Å². The Bertz CT molecular complexity index is 521. The average molecular weight is 745 g/mol. The number of phenolic OH excluding ortho intramolecular Hbond substituents is 3. The minimum Gasteiger partial charge on any atom is -0.508 e. The van der Waals surface area contributed by atoms with Gasteiger partial charge in [-0.3, -0.25) is 0 Å². The van der Waals surface area contributed by atoms with Crippen molar-refractivity contribution in [3.8, 4) is 17.2 Å². The van der Waals surface area contributed by atoms with Crippen LogP contribution in [0.1, 0.15) is 103 Å². The second kappa shape index (κ2) is 105. The molecule has 0 atom stereocenters. The van der Waals surface area contributed by atoms with Crippen molar-refractivity contribution in [2.45, 2.75) is 103 Å². The summed E-state index contributed by atoms with van der Waals surface area (Å²) in [6.07, 6.45) is 1.25. The Morgan fingerprint density at radius 2 is 0.429 bits per heavy atom. The van der Waals surface area contributed by atoms with Gasteiger partial charge in [-0.15, -0.1) is 0 Å². The predicted octanol–water partition coefficient (Wildman–Crippen LogP) is 13.5. The van der Waals surface area contributed by atoms with E-state index in [9.17, 15) is 0 Å². The molecule has 5 heteroatoms. The third kappa shape index (κ3) is 106. The van der Waals surface area contributed by atoms with Gasteiger partial charge in [0.2, 0.25) is 0 Å². The molecule has 0 amide bonds. The number of hydrogen-bond donors (Lipinski definition) is 3. The van der Waals surface area contributed by atoms with E-state index in [1.54, 1.807) is 72.8 Å². The van der Waals surface area contributed by atoms with Gasteiger partial charge in [0, 0.05) is 65.4 Å². The molecule has 0 aromatic heterocycles. The number of benzene rings is 3. The summed E-state index contributed by atoms with van der Waals surface area (Å²) in [5.74, 6) is 0.965. The first-order valence-corrected chi connectivity index (χ1v) is 13.8. The van der Waals surface area contributed by atoms with Gasteiger partial charge in [0.05, 0.1) is 0 Å². The van der Waals surface area contributed by atoms with E-state index in [1.165, 1.54) is 6.42 Å². The summed E-state index contributed by atoms with van der Waals surface area (Å²) in [6, 6.07) is 26.1. The van der Waals surface area contributed by atoms with E-state index in [0.717, 1.165) is 0 Å². The second-order valence-corrected chi connectivity index (χ2v) is 4.71. The van der Waals surface area contributed by atoms with E-state index >= 15 is 0 Å². The summed E-state index contributed by atoms with van der Waals surface area (Å²) in [4.78, 5) is 0. The molecule has 3 N–H and O–H groups in total. The Labute approximate surface area is 319 Å². The molecule has 0 saturated carbocycles. The molecule has 0 unspecified atom stereocenters. The molecule has 42 heavy (non-hydrogen) atoms. The van der Waals surface area contributed by atoms with Crippen molar-refractivity contribution in [1.82, 2.24) is 0 Å². The zero-order valence-electron chi connectivity index (χ0n) is 31.4. The van der Waals surface area contributed by atoms with E-state index in [4.69, 9.17) is 15.3 Å². The van der Waals surface area contributed by atoms with Crippen molar-refractivity contribution in [1.29, 1.82) is 0 Å². The number of aromatic hydroxyl groups is 3. The molecule has 3 nitrogen and oxygen atoms in total. The number of rotatable bonds is 0. The summed E-state index contributed by atoms with van der Waals surface area (Å²) in [7, 11) is 0. The molecular weight excluding hydrogens is 670 g/mol. The number of para-hydroxylation sites is 3. The van der Waals surface area contributed by atoms with Gasteiger partial charge in [-0.25, -0.2) is 0 Å². The Morgan fingerprint density at radius 1 is 0.333 bits per heavy atom. The first-order valence-electron chi connectivity index (χ1n) is 13.8. The van der Waals surface area contributed by atoms with Gasteiger partial charge >= 0.3 is 0 Å². The zero-order valence-corrected chi connectivity index (χ0v) is 37.0. The standard InChI is InChI=1S/3C6H6O.C3H8.6C2H6.4CH3.2Y/c3*7-6-4-2-1-3-5-6;1-3-2;6*1-2;;;;;;/h3*1-5,7H;3H2,1-2H3;6*1-2H3;4*1H3;;/q;;;;;;;;;;4*-1;;. The molecule has 0 heterocycles. The van der Waals surface area contributed by atoms with Crippen LogP contribution in [0.4, 0.5) is 0 Å². The van der Waals surface area contributed by atoms with Crippen molar-refractivity contribution < 1.29 is 80.7 Å². The van der Waals surface area contributed by atoms with E-state index in [2.05, 4.69) is 13.8 Å². The van der Waals surface area contributed by atoms with Crippen LogP contribution in [0.15, 0.2) is 91.0 Å². The third-order valence-corrected chi connectivity index (χ3v) is 2.27. The summed E-state index contributed by atoms with van der Waals surface area (Å²) in [6.45, 7) is 28.2. The maximum atomic E-state index is 8.63. The molecule has 3 aromatic carbocycles. The van der Waals surface area contributed by atoms with Crippen LogP contribution in [0.3, 0.4) is 0 Å². The third-order valence-electron chi connectivity index (χ3n) is 2.27. The largest absolute Gasteiger partial charge is 0.508 e. The van der Waals surface area contributed by atoms with Gasteiger partial charge in [-0.05, 0) is 36.4 Å². The van der Waals surface area contributed by atoms with Crippen LogP contribution in [0.2, 0.25) is 0 Å². The minimum absolute atomic E-state index is 0. The van der Waals surface area contributed by atoms with Gasteiger partial charge in [0.15, 0.2) is 0 Å². The Morgan fingerprint density at radius 3 is 0.476 bits per heavy atom. The van der Waals surface area contributed by atoms with Crippen molar-refractivity contribution in [3.63, 3.8) is 0 Å². The van der Waals surface area contributed by atoms with E-state index in [-0.39, 0.29) is 95.1 Å². The Balaban J connectivity index is -0.0000000211. The van der Waals surface area contributed by atoms with Gasteiger partial charge in [0.1, 0.15) is 17.2 Å². The Kier molecular flexibility index (Phi) is 210. The number of phenols is 3. The average Bonchev–Trinajstić information content (AvgIpc) is 2.98. The maximum Gasteiger partial charge on any atom is 0.115 e. The van der Waals surface area contributed by atoms with Crippen molar-refractivity contribution in [2.75, 3.05) is 0 Å². The van der Waals surface area contributed by atoms with Crippen molar-refractivity contribution >= 4 is 0 Å². The van der Waals surface area contributed by atoms with Gasteiger partial charge in [-0.1, -0.05) is 158 Å². The van der Waals surface area contributed by atoms with E-state index < -0.39 is 0 Å². The first-order chi connectivity index (χ1) is 17.6. The summed E-state index contributed by atoms with van der Waals surface area (Å²) < 4.78 is 0. The van der Waals surface area contributed by atoms with Crippen molar-refractivity contribution in [3.05, 3.63) is 121 Å². The molecular formula is C37H74O3Y2-4. The quantitative estimate of drug-likeness (QED) is 0.201. The normalized spacial score (nSPS) is 5.57. The van der Waals surface area contributed by atoms with E-state index in [0.29, 0.717) is 17.2 Å². The molecule has 250 valence electrons. The Hall–Kier alpha value is -0.732. The number of hydrogen-bond acceptors (Lipinski definition) is 3. The first kappa shape index (κ1) is 83.7. The fraction of sp³-hybridized carbons (Fsp3) is 0.405. The van der Waals surface area contributed by atoms with Crippen LogP contribution in [0.25, 0.3) is 0 Å². The molecule has 0 aliphatic heterocycles. The van der Waals surface area contributed by atoms with E-state index in [1.807, 2.05) is 101 Å². The van der Waals surface area contributed by atoms with Gasteiger partial charge in [0.25, 0.3) is 0 Å². The smallest absolute Gasteiger partial charge is 0.115 e. The van der Waals surface area contributed by atoms with Crippen LogP contribution in [-0.2, 0) is 65.4 Å². The monoisotopic (exact) mass is 744 g/mol. The zero-order chi connectivity index (χ0) is 30.0. The second-order valence-electron chi connectivity index (χ2n) is 4.71. The molecule has 3 rings (SSSR count). The molecule has 0 spiro atoms. The molecule has 3 aromatic rings. The minimum atomic E-state index is 0. The molecule has 0 aliphatic rings. The molecule has 0 saturated heterocycles. The van der Waals surface area contributed by atoms with Gasteiger partial charge < -0.3 is 45.0 Å². The summed E-state index contributed by atoms with van der Waals surface area (Å²) in [5, 5.41) is 25.9. The molecule has 0 aliphatic carbocycles. The van der Waals surface area contributed by atoms with Crippen LogP contribution < -0.4 is 0 Å². The van der Waals surface area contributed by atoms with Crippen LogP contribution in [-0.4, -0.2) is 15.3 Å². The van der Waals surface area contributed by atoms with Crippen molar-refractivity contribution in [2.24, 2.45) is 0 Å². The van der Waals surface area contributed by atoms with Gasteiger partial charge in [-0.2, -0.15) is 0 Å². The molecule has 2 radical (unpaired) electrons. The summed E-state index contributed by atoms with van der Waals surface area (Å²) >= 11 is 0. The van der Waals surface area contributed by atoms with Crippen LogP contribution in [0, 0.1) is 29.7 Å². The predicted molar refractivity (Wildman–Crippen MR) is 194 cm³/mol. The maximum absolute atomic E-state index is 8.63.